The molecule has 0 aliphatic heterocycles. The highest BCUT2D eigenvalue weighted by Gasteiger charge is 2.23. The average Bonchev–Trinajstić information content (AvgIpc) is 2.46. The number of anilines is 1. The maximum atomic E-state index is 12.3. The van der Waals surface area contributed by atoms with Gasteiger partial charge in [-0.15, -0.1) is 0 Å². The van der Waals surface area contributed by atoms with Crippen molar-refractivity contribution in [2.45, 2.75) is 6.92 Å². The van der Waals surface area contributed by atoms with Gasteiger partial charge in [0.2, 0.25) is 0 Å². The summed E-state index contributed by atoms with van der Waals surface area (Å²) in [7, 11) is 0. The minimum Gasteiger partial charge on any atom is -0.366 e. The molecule has 2 amide bonds. The van der Waals surface area contributed by atoms with Crippen LogP contribution in [0.5, 0.6) is 0 Å². The molecule has 7 heteroatoms. The lowest BCUT2D eigenvalue weighted by molar-refractivity contribution is -0.385. The van der Waals surface area contributed by atoms with E-state index in [-0.39, 0.29) is 22.5 Å². The molecule has 0 spiro atoms. The van der Waals surface area contributed by atoms with Gasteiger partial charge in [-0.3, -0.25) is 19.7 Å². The van der Waals surface area contributed by atoms with Gasteiger partial charge in [0.25, 0.3) is 17.5 Å². The summed E-state index contributed by atoms with van der Waals surface area (Å²) in [6, 6.07) is 10.6. The van der Waals surface area contributed by atoms with E-state index in [0.29, 0.717) is 5.56 Å². The number of nitrogens with zero attached hydrogens (tertiary/aromatic N) is 1. The summed E-state index contributed by atoms with van der Waals surface area (Å²) in [5.41, 5.74) is 5.60. The normalized spacial score (nSPS) is 10.0. The van der Waals surface area contributed by atoms with E-state index in [4.69, 9.17) is 5.73 Å². The van der Waals surface area contributed by atoms with E-state index in [0.717, 1.165) is 0 Å². The van der Waals surface area contributed by atoms with E-state index in [1.165, 1.54) is 18.2 Å². The first-order valence-corrected chi connectivity index (χ1v) is 6.36. The van der Waals surface area contributed by atoms with Gasteiger partial charge in [0.15, 0.2) is 0 Å². The Hall–Kier alpha value is -3.22. The molecule has 22 heavy (non-hydrogen) atoms. The Morgan fingerprint density at radius 3 is 2.36 bits per heavy atom. The number of nitrogens with two attached hydrogens (primary N) is 1. The number of aryl methyl sites for hydroxylation is 1. The van der Waals surface area contributed by atoms with Crippen LogP contribution in [0.4, 0.5) is 11.4 Å². The molecule has 0 aromatic heterocycles. The van der Waals surface area contributed by atoms with E-state index in [2.05, 4.69) is 5.32 Å². The summed E-state index contributed by atoms with van der Waals surface area (Å²) in [6.07, 6.45) is 0. The van der Waals surface area contributed by atoms with Crippen LogP contribution in [0.15, 0.2) is 42.5 Å². The average molecular weight is 299 g/mol. The molecule has 2 aromatic carbocycles. The Kier molecular flexibility index (Phi) is 4.17. The van der Waals surface area contributed by atoms with E-state index in [1.807, 2.05) is 0 Å². The number of hydrogen-bond donors (Lipinski definition) is 2. The molecule has 0 atom stereocenters. The SMILES string of the molecule is Cc1cccc(C(=O)Nc2ccccc2C(N)=O)c1[N+](=O)[O-]. The zero-order valence-corrected chi connectivity index (χ0v) is 11.7. The van der Waals surface area contributed by atoms with Crippen molar-refractivity contribution in [1.82, 2.24) is 0 Å². The van der Waals surface area contributed by atoms with Crippen molar-refractivity contribution in [3.05, 3.63) is 69.3 Å². The Bertz CT molecular complexity index is 771. The van der Waals surface area contributed by atoms with Gasteiger partial charge in [-0.2, -0.15) is 0 Å². The third-order valence-electron chi connectivity index (χ3n) is 3.11. The van der Waals surface area contributed by atoms with E-state index < -0.39 is 16.7 Å². The fourth-order valence-corrected chi connectivity index (χ4v) is 2.08. The molecule has 0 aliphatic carbocycles. The predicted octanol–water partition coefficient (Wildman–Crippen LogP) is 2.25. The largest absolute Gasteiger partial charge is 0.366 e. The first kappa shape index (κ1) is 15.2. The number of nitrogens with one attached hydrogen (secondary N) is 1. The van der Waals surface area contributed by atoms with Crippen LogP contribution in [0.25, 0.3) is 0 Å². The quantitative estimate of drug-likeness (QED) is 0.665. The third kappa shape index (κ3) is 2.93. The number of rotatable bonds is 4. The van der Waals surface area contributed by atoms with Crippen molar-refractivity contribution in [2.24, 2.45) is 5.73 Å². The van der Waals surface area contributed by atoms with E-state index in [1.54, 1.807) is 31.2 Å². The molecule has 3 N–H and O–H groups in total. The molecule has 0 radical (unpaired) electrons. The second-order valence-electron chi connectivity index (χ2n) is 4.59. The molecule has 2 aromatic rings. The topological polar surface area (TPSA) is 115 Å². The summed E-state index contributed by atoms with van der Waals surface area (Å²) in [4.78, 5) is 34.1. The number of nitro groups is 1. The van der Waals surface area contributed by atoms with Crippen molar-refractivity contribution in [3.8, 4) is 0 Å². The highest BCUT2D eigenvalue weighted by Crippen LogP contribution is 2.24. The van der Waals surface area contributed by atoms with Gasteiger partial charge >= 0.3 is 0 Å². The number of carbonyl (C=O) groups excluding carboxylic acids is 2. The van der Waals surface area contributed by atoms with Crippen molar-refractivity contribution in [3.63, 3.8) is 0 Å². The monoisotopic (exact) mass is 299 g/mol. The first-order chi connectivity index (χ1) is 10.4. The van der Waals surface area contributed by atoms with E-state index >= 15 is 0 Å². The number of benzene rings is 2. The van der Waals surface area contributed by atoms with Crippen molar-refractivity contribution < 1.29 is 14.5 Å². The van der Waals surface area contributed by atoms with Crippen molar-refractivity contribution >= 4 is 23.2 Å². The molecule has 2 rings (SSSR count). The summed E-state index contributed by atoms with van der Waals surface area (Å²) in [6.45, 7) is 1.55. The number of nitro benzene ring substituents is 1. The smallest absolute Gasteiger partial charge is 0.285 e. The summed E-state index contributed by atoms with van der Waals surface area (Å²) >= 11 is 0. The third-order valence-corrected chi connectivity index (χ3v) is 3.11. The molecule has 0 fully saturated rings. The van der Waals surface area contributed by atoms with Gasteiger partial charge in [-0.25, -0.2) is 0 Å². The lowest BCUT2D eigenvalue weighted by Crippen LogP contribution is -2.19. The molecular weight excluding hydrogens is 286 g/mol. The molecule has 0 saturated heterocycles. The second-order valence-corrected chi connectivity index (χ2v) is 4.59. The molecule has 0 heterocycles. The van der Waals surface area contributed by atoms with Crippen LogP contribution in [0.3, 0.4) is 0 Å². The molecule has 0 saturated carbocycles. The molecule has 0 unspecified atom stereocenters. The summed E-state index contributed by atoms with van der Waals surface area (Å²) in [5, 5.41) is 13.6. The van der Waals surface area contributed by atoms with Gasteiger partial charge < -0.3 is 11.1 Å². The fraction of sp³-hybridized carbons (Fsp3) is 0.0667. The van der Waals surface area contributed by atoms with Gasteiger partial charge in [-0.05, 0) is 25.1 Å². The predicted molar refractivity (Wildman–Crippen MR) is 80.7 cm³/mol. The number of para-hydroxylation sites is 2. The van der Waals surface area contributed by atoms with Crippen LogP contribution >= 0.6 is 0 Å². The first-order valence-electron chi connectivity index (χ1n) is 6.36. The lowest BCUT2D eigenvalue weighted by Gasteiger charge is -2.09. The second kappa shape index (κ2) is 6.04. The highest BCUT2D eigenvalue weighted by atomic mass is 16.6. The van der Waals surface area contributed by atoms with E-state index in [9.17, 15) is 19.7 Å². The van der Waals surface area contributed by atoms with Crippen LogP contribution in [-0.4, -0.2) is 16.7 Å². The Balaban J connectivity index is 2.41. The number of primary amides is 1. The van der Waals surface area contributed by atoms with Crippen LogP contribution in [-0.2, 0) is 0 Å². The molecule has 112 valence electrons. The van der Waals surface area contributed by atoms with Crippen LogP contribution in [0.1, 0.15) is 26.3 Å². The Morgan fingerprint density at radius 2 is 1.73 bits per heavy atom. The van der Waals surface area contributed by atoms with Crippen LogP contribution in [0, 0.1) is 17.0 Å². The number of carbonyl (C=O) groups is 2. The molecule has 7 nitrogen and oxygen atoms in total. The maximum absolute atomic E-state index is 12.3. The standard InChI is InChI=1S/C15H13N3O4/c1-9-5-4-7-11(13(9)18(21)22)15(20)17-12-8-3-2-6-10(12)14(16)19/h2-8H,1H3,(H2,16,19)(H,17,20). The zero-order valence-electron chi connectivity index (χ0n) is 11.7. The minimum absolute atomic E-state index is 0.0794. The van der Waals surface area contributed by atoms with Gasteiger partial charge in [0.05, 0.1) is 16.2 Å². The van der Waals surface area contributed by atoms with Crippen LogP contribution in [0.2, 0.25) is 0 Å². The fourth-order valence-electron chi connectivity index (χ4n) is 2.08. The maximum Gasteiger partial charge on any atom is 0.285 e. The van der Waals surface area contributed by atoms with Crippen molar-refractivity contribution in [2.75, 3.05) is 5.32 Å². The van der Waals surface area contributed by atoms with Gasteiger partial charge in [0.1, 0.15) is 5.56 Å². The summed E-state index contributed by atoms with van der Waals surface area (Å²) in [5.74, 6) is -1.38. The van der Waals surface area contributed by atoms with Gasteiger partial charge in [-0.1, -0.05) is 24.3 Å². The molecule has 0 bridgehead atoms. The highest BCUT2D eigenvalue weighted by molar-refractivity contribution is 6.10. The van der Waals surface area contributed by atoms with Crippen LogP contribution < -0.4 is 11.1 Å². The van der Waals surface area contributed by atoms with Gasteiger partial charge in [0, 0.05) is 5.56 Å². The zero-order chi connectivity index (χ0) is 16.3. The molecule has 0 aliphatic rings. The number of hydrogen-bond acceptors (Lipinski definition) is 4. The van der Waals surface area contributed by atoms with Crippen molar-refractivity contribution in [1.29, 1.82) is 0 Å². The Labute approximate surface area is 125 Å². The minimum atomic E-state index is -0.699. The number of amides is 2. The summed E-state index contributed by atoms with van der Waals surface area (Å²) < 4.78 is 0. The Morgan fingerprint density at radius 1 is 1.09 bits per heavy atom. The lowest BCUT2D eigenvalue weighted by atomic mass is 10.1. The molecular formula is C15H13N3O4.